The third-order valence-electron chi connectivity index (χ3n) is 3.25. The standard InChI is InChI=1S/C13H12F3NO3S/c14-13(15,16)8-5-6-11(9(7-8)17(19)20)21-12-4-2-1-3-10(12)18/h5-7,12H,1-4H2/t12-/m1/s1. The number of hydrogen-bond donors (Lipinski definition) is 0. The Hall–Kier alpha value is -1.57. The van der Waals surface area contributed by atoms with Gasteiger partial charge >= 0.3 is 6.18 Å². The summed E-state index contributed by atoms with van der Waals surface area (Å²) in [5.74, 6) is 0.000413. The monoisotopic (exact) mass is 319 g/mol. The molecule has 0 aliphatic heterocycles. The van der Waals surface area contributed by atoms with Crippen LogP contribution in [0, 0.1) is 10.1 Å². The molecular weight excluding hydrogens is 307 g/mol. The van der Waals surface area contributed by atoms with Crippen molar-refractivity contribution in [2.45, 2.75) is 42.0 Å². The highest BCUT2D eigenvalue weighted by atomic mass is 32.2. The topological polar surface area (TPSA) is 60.2 Å². The zero-order valence-electron chi connectivity index (χ0n) is 10.9. The molecule has 0 spiro atoms. The van der Waals surface area contributed by atoms with Crippen molar-refractivity contribution < 1.29 is 22.9 Å². The Morgan fingerprint density at radius 1 is 1.29 bits per heavy atom. The Balaban J connectivity index is 2.30. The highest BCUT2D eigenvalue weighted by molar-refractivity contribution is 8.00. The average Bonchev–Trinajstić information content (AvgIpc) is 2.40. The Bertz CT molecular complexity index is 574. The number of nitro groups is 1. The molecule has 0 N–H and O–H groups in total. The second-order valence-corrected chi connectivity index (χ2v) is 6.00. The minimum atomic E-state index is -4.63. The summed E-state index contributed by atoms with van der Waals surface area (Å²) in [4.78, 5) is 22.0. The predicted molar refractivity (Wildman–Crippen MR) is 71.2 cm³/mol. The molecule has 1 saturated carbocycles. The van der Waals surface area contributed by atoms with E-state index in [1.54, 1.807) is 0 Å². The molecule has 4 nitrogen and oxygen atoms in total. The van der Waals surface area contributed by atoms with Crippen LogP contribution in [-0.2, 0) is 11.0 Å². The van der Waals surface area contributed by atoms with E-state index in [2.05, 4.69) is 0 Å². The molecule has 0 radical (unpaired) electrons. The summed E-state index contributed by atoms with van der Waals surface area (Å²) >= 11 is 0.988. The number of ketones is 1. The van der Waals surface area contributed by atoms with E-state index >= 15 is 0 Å². The van der Waals surface area contributed by atoms with E-state index in [9.17, 15) is 28.1 Å². The molecule has 0 unspecified atom stereocenters. The lowest BCUT2D eigenvalue weighted by molar-refractivity contribution is -0.388. The van der Waals surface area contributed by atoms with Crippen molar-refractivity contribution in [3.05, 3.63) is 33.9 Å². The first-order chi connectivity index (χ1) is 9.79. The Labute approximate surface area is 122 Å². The molecule has 1 fully saturated rings. The zero-order valence-corrected chi connectivity index (χ0v) is 11.7. The van der Waals surface area contributed by atoms with Crippen LogP contribution >= 0.6 is 11.8 Å². The molecule has 0 bridgehead atoms. The molecule has 0 aromatic heterocycles. The van der Waals surface area contributed by atoms with Crippen molar-refractivity contribution in [3.63, 3.8) is 0 Å². The fourth-order valence-electron chi connectivity index (χ4n) is 2.16. The van der Waals surface area contributed by atoms with Crippen LogP contribution < -0.4 is 0 Å². The van der Waals surface area contributed by atoms with Gasteiger partial charge in [0, 0.05) is 12.5 Å². The summed E-state index contributed by atoms with van der Waals surface area (Å²) in [6.07, 6.45) is -1.97. The van der Waals surface area contributed by atoms with Crippen molar-refractivity contribution in [2.24, 2.45) is 0 Å². The largest absolute Gasteiger partial charge is 0.416 e. The summed E-state index contributed by atoms with van der Waals surface area (Å²) in [6, 6.07) is 2.41. The zero-order chi connectivity index (χ0) is 15.6. The van der Waals surface area contributed by atoms with Crippen molar-refractivity contribution in [1.29, 1.82) is 0 Å². The van der Waals surface area contributed by atoms with Gasteiger partial charge in [0.15, 0.2) is 0 Å². The molecule has 1 aromatic rings. The quantitative estimate of drug-likeness (QED) is 0.618. The van der Waals surface area contributed by atoms with Gasteiger partial charge in [-0.2, -0.15) is 13.2 Å². The van der Waals surface area contributed by atoms with Crippen LogP contribution in [0.5, 0.6) is 0 Å². The third-order valence-corrected chi connectivity index (χ3v) is 4.63. The summed E-state index contributed by atoms with van der Waals surface area (Å²) < 4.78 is 37.8. The Morgan fingerprint density at radius 2 is 2.00 bits per heavy atom. The lowest BCUT2D eigenvalue weighted by Crippen LogP contribution is -2.21. The first-order valence-electron chi connectivity index (χ1n) is 6.34. The predicted octanol–water partition coefficient (Wildman–Crippen LogP) is 4.22. The highest BCUT2D eigenvalue weighted by Gasteiger charge is 2.34. The fraction of sp³-hybridized carbons (Fsp3) is 0.462. The van der Waals surface area contributed by atoms with Gasteiger partial charge < -0.3 is 0 Å². The van der Waals surface area contributed by atoms with Crippen LogP contribution in [0.25, 0.3) is 0 Å². The number of carbonyl (C=O) groups is 1. The minimum absolute atomic E-state index is 0.000413. The molecular formula is C13H12F3NO3S. The van der Waals surface area contributed by atoms with E-state index in [4.69, 9.17) is 0 Å². The normalized spacial score (nSPS) is 19.6. The average molecular weight is 319 g/mol. The second kappa shape index (κ2) is 6.05. The van der Waals surface area contributed by atoms with Crippen LogP contribution in [0.1, 0.15) is 31.2 Å². The van der Waals surface area contributed by atoms with E-state index in [-0.39, 0.29) is 10.7 Å². The van der Waals surface area contributed by atoms with Gasteiger partial charge in [-0.05, 0) is 25.0 Å². The number of alkyl halides is 3. The van der Waals surface area contributed by atoms with Crippen LogP contribution in [0.3, 0.4) is 0 Å². The summed E-state index contributed by atoms with van der Waals surface area (Å²) in [7, 11) is 0. The number of benzene rings is 1. The van der Waals surface area contributed by atoms with Crippen molar-refractivity contribution in [3.8, 4) is 0 Å². The van der Waals surface area contributed by atoms with E-state index in [1.807, 2.05) is 0 Å². The number of carbonyl (C=O) groups excluding carboxylic acids is 1. The summed E-state index contributed by atoms with van der Waals surface area (Å²) in [5, 5.41) is 10.6. The fourth-order valence-corrected chi connectivity index (χ4v) is 3.41. The number of halogens is 3. The van der Waals surface area contributed by atoms with Gasteiger partial charge in [-0.15, -0.1) is 11.8 Å². The van der Waals surface area contributed by atoms with Crippen molar-refractivity contribution in [2.75, 3.05) is 0 Å². The van der Waals surface area contributed by atoms with Gasteiger partial charge in [0.25, 0.3) is 5.69 Å². The third kappa shape index (κ3) is 3.75. The van der Waals surface area contributed by atoms with Crippen LogP contribution in [0.15, 0.2) is 23.1 Å². The molecule has 2 rings (SSSR count). The van der Waals surface area contributed by atoms with E-state index < -0.39 is 27.6 Å². The van der Waals surface area contributed by atoms with Gasteiger partial charge in [-0.25, -0.2) is 0 Å². The molecule has 21 heavy (non-hydrogen) atoms. The van der Waals surface area contributed by atoms with E-state index in [1.165, 1.54) is 0 Å². The van der Waals surface area contributed by atoms with Gasteiger partial charge in [0.05, 0.1) is 20.6 Å². The highest BCUT2D eigenvalue weighted by Crippen LogP contribution is 2.40. The van der Waals surface area contributed by atoms with Crippen LogP contribution in [0.2, 0.25) is 0 Å². The van der Waals surface area contributed by atoms with Gasteiger partial charge in [0.1, 0.15) is 5.78 Å². The molecule has 0 amide bonds. The molecule has 114 valence electrons. The second-order valence-electron chi connectivity index (χ2n) is 4.76. The SMILES string of the molecule is O=C1CCCC[C@H]1Sc1ccc(C(F)(F)F)cc1[N+](=O)[O-]. The maximum atomic E-state index is 12.6. The molecule has 1 aromatic carbocycles. The Kier molecular flexibility index (Phi) is 4.55. The maximum Gasteiger partial charge on any atom is 0.416 e. The molecule has 0 saturated heterocycles. The van der Waals surface area contributed by atoms with E-state index in [0.717, 1.165) is 36.7 Å². The summed E-state index contributed by atoms with van der Waals surface area (Å²) in [6.45, 7) is 0. The first-order valence-corrected chi connectivity index (χ1v) is 7.22. The van der Waals surface area contributed by atoms with Crippen LogP contribution in [-0.4, -0.2) is 16.0 Å². The van der Waals surface area contributed by atoms with Crippen molar-refractivity contribution in [1.82, 2.24) is 0 Å². The number of thioether (sulfide) groups is 1. The smallest absolute Gasteiger partial charge is 0.298 e. The van der Waals surface area contributed by atoms with Gasteiger partial charge in [-0.1, -0.05) is 6.42 Å². The number of Topliss-reactive ketones (excluding diaryl/α,β-unsaturated/α-hetero) is 1. The number of nitro benzene ring substituents is 1. The molecule has 8 heteroatoms. The lowest BCUT2D eigenvalue weighted by atomic mass is 9.99. The van der Waals surface area contributed by atoms with E-state index in [0.29, 0.717) is 18.9 Å². The molecule has 1 aliphatic carbocycles. The molecule has 0 heterocycles. The maximum absolute atomic E-state index is 12.6. The number of hydrogen-bond acceptors (Lipinski definition) is 4. The minimum Gasteiger partial charge on any atom is -0.298 e. The molecule has 1 atom stereocenters. The first kappa shape index (κ1) is 15.8. The number of rotatable bonds is 3. The van der Waals surface area contributed by atoms with Gasteiger partial charge in [0.2, 0.25) is 0 Å². The Morgan fingerprint density at radius 3 is 2.57 bits per heavy atom. The van der Waals surface area contributed by atoms with Gasteiger partial charge in [-0.3, -0.25) is 14.9 Å². The lowest BCUT2D eigenvalue weighted by Gasteiger charge is -2.19. The number of nitrogens with zero attached hydrogens (tertiary/aromatic N) is 1. The summed E-state index contributed by atoms with van der Waals surface area (Å²) in [5.41, 5.74) is -1.67. The van der Waals surface area contributed by atoms with Crippen LogP contribution in [0.4, 0.5) is 18.9 Å². The van der Waals surface area contributed by atoms with Crippen molar-refractivity contribution >= 4 is 23.2 Å². The molecule has 1 aliphatic rings.